The Kier molecular flexibility index (Phi) is 5.78. The molecule has 0 aliphatic carbocycles. The average molecular weight is 445 g/mol. The standard InChI is InChI=1S/C24H28N8O/c1-31(2)9-3-4-22(33)32-10-7-16(8-11-32)21-13-19-23(25-15-26-24(19)29-21)28-18-5-6-20-17(12-18)14-27-30-20/h5-7,12-15H,3-4,8-11H2,1-2H3,(H,27,30)(H2,25,26,28,29). The molecule has 0 saturated carbocycles. The van der Waals surface area contributed by atoms with E-state index in [1.807, 2.05) is 37.2 Å². The molecule has 0 spiro atoms. The van der Waals surface area contributed by atoms with Gasteiger partial charge in [0.15, 0.2) is 0 Å². The van der Waals surface area contributed by atoms with Crippen LogP contribution in [0.1, 0.15) is 25.0 Å². The van der Waals surface area contributed by atoms with Crippen molar-refractivity contribution in [2.75, 3.05) is 39.0 Å². The van der Waals surface area contributed by atoms with Gasteiger partial charge in [-0.25, -0.2) is 9.97 Å². The molecule has 0 saturated heterocycles. The molecule has 3 aromatic heterocycles. The van der Waals surface area contributed by atoms with Crippen molar-refractivity contribution in [1.29, 1.82) is 0 Å². The maximum absolute atomic E-state index is 12.5. The number of hydrogen-bond donors (Lipinski definition) is 3. The van der Waals surface area contributed by atoms with Crippen molar-refractivity contribution in [1.82, 2.24) is 34.9 Å². The summed E-state index contributed by atoms with van der Waals surface area (Å²) in [7, 11) is 4.06. The summed E-state index contributed by atoms with van der Waals surface area (Å²) in [6, 6.07) is 8.12. The highest BCUT2D eigenvalue weighted by atomic mass is 16.2. The van der Waals surface area contributed by atoms with E-state index in [0.29, 0.717) is 13.0 Å². The SMILES string of the molecule is CN(C)CCCC(=O)N1CC=C(c2cc3c(Nc4ccc5[nH]ncc5c4)ncnc3[nH]2)CC1. The molecule has 0 unspecified atom stereocenters. The number of carbonyl (C=O) groups is 1. The highest BCUT2D eigenvalue weighted by molar-refractivity contribution is 5.93. The van der Waals surface area contributed by atoms with E-state index in [-0.39, 0.29) is 5.91 Å². The lowest BCUT2D eigenvalue weighted by molar-refractivity contribution is -0.130. The van der Waals surface area contributed by atoms with E-state index in [1.54, 1.807) is 12.5 Å². The van der Waals surface area contributed by atoms with Gasteiger partial charge in [0.25, 0.3) is 0 Å². The first kappa shape index (κ1) is 21.1. The van der Waals surface area contributed by atoms with Gasteiger partial charge in [-0.15, -0.1) is 0 Å². The zero-order valence-corrected chi connectivity index (χ0v) is 18.9. The molecular formula is C24H28N8O. The molecule has 1 aliphatic rings. The van der Waals surface area contributed by atoms with E-state index in [1.165, 1.54) is 5.57 Å². The molecule has 0 fully saturated rings. The maximum atomic E-state index is 12.5. The van der Waals surface area contributed by atoms with Gasteiger partial charge in [-0.2, -0.15) is 5.10 Å². The van der Waals surface area contributed by atoms with Gasteiger partial charge in [0.05, 0.1) is 17.1 Å². The molecule has 170 valence electrons. The predicted octanol–water partition coefficient (Wildman–Crippen LogP) is 3.54. The molecule has 4 aromatic rings. The van der Waals surface area contributed by atoms with Gasteiger partial charge in [-0.1, -0.05) is 6.08 Å². The number of aromatic nitrogens is 5. The fraction of sp³-hybridized carbons (Fsp3) is 0.333. The minimum atomic E-state index is 0.232. The smallest absolute Gasteiger partial charge is 0.222 e. The third-order valence-electron chi connectivity index (χ3n) is 6.03. The molecule has 0 radical (unpaired) electrons. The van der Waals surface area contributed by atoms with Crippen molar-refractivity contribution < 1.29 is 4.79 Å². The Labute approximate surface area is 191 Å². The van der Waals surface area contributed by atoms with Gasteiger partial charge >= 0.3 is 0 Å². The summed E-state index contributed by atoms with van der Waals surface area (Å²) in [6.45, 7) is 2.32. The molecule has 0 bridgehead atoms. The first-order chi connectivity index (χ1) is 16.1. The Bertz CT molecular complexity index is 1320. The van der Waals surface area contributed by atoms with Crippen LogP contribution in [0.5, 0.6) is 0 Å². The molecule has 4 heterocycles. The number of aromatic amines is 2. The van der Waals surface area contributed by atoms with Crippen LogP contribution in [0.15, 0.2) is 42.9 Å². The number of nitrogens with one attached hydrogen (secondary N) is 3. The summed E-state index contributed by atoms with van der Waals surface area (Å²) < 4.78 is 0. The maximum Gasteiger partial charge on any atom is 0.222 e. The molecule has 9 heteroatoms. The molecule has 1 aliphatic heterocycles. The van der Waals surface area contributed by atoms with Crippen molar-refractivity contribution in [2.45, 2.75) is 19.3 Å². The summed E-state index contributed by atoms with van der Waals surface area (Å²) in [5.74, 6) is 0.982. The van der Waals surface area contributed by atoms with Crippen molar-refractivity contribution >= 4 is 44.9 Å². The van der Waals surface area contributed by atoms with Gasteiger partial charge in [0.2, 0.25) is 5.91 Å². The minimum Gasteiger partial charge on any atom is -0.340 e. The van der Waals surface area contributed by atoms with E-state index in [9.17, 15) is 4.79 Å². The normalized spacial score (nSPS) is 14.3. The van der Waals surface area contributed by atoms with Gasteiger partial charge < -0.3 is 20.1 Å². The van der Waals surface area contributed by atoms with Gasteiger partial charge in [-0.3, -0.25) is 9.89 Å². The summed E-state index contributed by atoms with van der Waals surface area (Å²) in [4.78, 5) is 28.8. The highest BCUT2D eigenvalue weighted by Gasteiger charge is 2.19. The number of carbonyl (C=O) groups excluding carboxylic acids is 1. The van der Waals surface area contributed by atoms with Crippen LogP contribution in [0.2, 0.25) is 0 Å². The summed E-state index contributed by atoms with van der Waals surface area (Å²) >= 11 is 0. The van der Waals surface area contributed by atoms with Crippen LogP contribution in [-0.4, -0.2) is 74.6 Å². The lowest BCUT2D eigenvalue weighted by Gasteiger charge is -2.26. The second kappa shape index (κ2) is 9.03. The molecule has 1 aromatic carbocycles. The zero-order valence-electron chi connectivity index (χ0n) is 18.9. The van der Waals surface area contributed by atoms with Crippen LogP contribution in [-0.2, 0) is 4.79 Å². The number of rotatable bonds is 7. The van der Waals surface area contributed by atoms with E-state index < -0.39 is 0 Å². The number of nitrogens with zero attached hydrogens (tertiary/aromatic N) is 5. The summed E-state index contributed by atoms with van der Waals surface area (Å²) in [5, 5.41) is 12.4. The first-order valence-electron chi connectivity index (χ1n) is 11.2. The average Bonchev–Trinajstić information content (AvgIpc) is 3.46. The van der Waals surface area contributed by atoms with Crippen LogP contribution in [0, 0.1) is 0 Å². The Morgan fingerprint density at radius 2 is 2.15 bits per heavy atom. The lowest BCUT2D eigenvalue weighted by Crippen LogP contribution is -2.34. The number of amides is 1. The quantitative estimate of drug-likeness (QED) is 0.403. The van der Waals surface area contributed by atoms with Crippen LogP contribution < -0.4 is 5.32 Å². The van der Waals surface area contributed by atoms with Crippen molar-refractivity contribution in [3.05, 3.63) is 48.6 Å². The van der Waals surface area contributed by atoms with Crippen molar-refractivity contribution in [3.8, 4) is 0 Å². The van der Waals surface area contributed by atoms with Crippen LogP contribution >= 0.6 is 0 Å². The number of H-pyrrole nitrogens is 2. The summed E-state index contributed by atoms with van der Waals surface area (Å²) in [6.07, 6.45) is 7.82. The Morgan fingerprint density at radius 1 is 1.24 bits per heavy atom. The minimum absolute atomic E-state index is 0.232. The molecule has 1 amide bonds. The third kappa shape index (κ3) is 4.58. The molecule has 9 nitrogen and oxygen atoms in total. The van der Waals surface area contributed by atoms with E-state index in [4.69, 9.17) is 0 Å². The first-order valence-corrected chi connectivity index (χ1v) is 11.2. The Hall–Kier alpha value is -3.72. The second-order valence-electron chi connectivity index (χ2n) is 8.69. The van der Waals surface area contributed by atoms with Crippen LogP contribution in [0.25, 0.3) is 27.5 Å². The van der Waals surface area contributed by atoms with Crippen LogP contribution in [0.4, 0.5) is 11.5 Å². The second-order valence-corrected chi connectivity index (χ2v) is 8.69. The van der Waals surface area contributed by atoms with Crippen molar-refractivity contribution in [3.63, 3.8) is 0 Å². The molecule has 33 heavy (non-hydrogen) atoms. The number of fused-ring (bicyclic) bond motifs is 2. The molecule has 5 rings (SSSR count). The number of hydrogen-bond acceptors (Lipinski definition) is 6. The summed E-state index contributed by atoms with van der Waals surface area (Å²) in [5.41, 5.74) is 4.95. The number of anilines is 2. The fourth-order valence-electron chi connectivity index (χ4n) is 4.21. The van der Waals surface area contributed by atoms with E-state index >= 15 is 0 Å². The van der Waals surface area contributed by atoms with Crippen molar-refractivity contribution in [2.24, 2.45) is 0 Å². The highest BCUT2D eigenvalue weighted by Crippen LogP contribution is 2.29. The fourth-order valence-corrected chi connectivity index (χ4v) is 4.21. The zero-order chi connectivity index (χ0) is 22.8. The lowest BCUT2D eigenvalue weighted by atomic mass is 10.0. The van der Waals surface area contributed by atoms with E-state index in [0.717, 1.165) is 65.1 Å². The Balaban J connectivity index is 1.31. The van der Waals surface area contributed by atoms with E-state index in [2.05, 4.69) is 47.5 Å². The van der Waals surface area contributed by atoms with Crippen LogP contribution in [0.3, 0.4) is 0 Å². The van der Waals surface area contributed by atoms with Gasteiger partial charge in [0.1, 0.15) is 17.8 Å². The largest absolute Gasteiger partial charge is 0.340 e. The topological polar surface area (TPSA) is 106 Å². The molecule has 3 N–H and O–H groups in total. The monoisotopic (exact) mass is 444 g/mol. The van der Waals surface area contributed by atoms with Gasteiger partial charge in [0, 0.05) is 36.3 Å². The molecule has 0 atom stereocenters. The third-order valence-corrected chi connectivity index (χ3v) is 6.03. The predicted molar refractivity (Wildman–Crippen MR) is 130 cm³/mol. The molecular weight excluding hydrogens is 416 g/mol. The number of benzene rings is 1. The van der Waals surface area contributed by atoms with Gasteiger partial charge in [-0.05, 0) is 63.3 Å². The Morgan fingerprint density at radius 3 is 2.97 bits per heavy atom.